The summed E-state index contributed by atoms with van der Waals surface area (Å²) in [6.45, 7) is 6.30. The minimum Gasteiger partial charge on any atom is -0.446 e. The fourth-order valence-corrected chi connectivity index (χ4v) is 3.28. The van der Waals surface area contributed by atoms with E-state index in [0.29, 0.717) is 5.56 Å². The van der Waals surface area contributed by atoms with Crippen molar-refractivity contribution >= 4 is 0 Å². The minimum atomic E-state index is -0.206. The first-order valence-corrected chi connectivity index (χ1v) is 9.10. The fraction of sp³-hybridized carbons (Fsp3) is 0.350. The Hall–Kier alpha value is -2.93. The zero-order chi connectivity index (χ0) is 18.8. The summed E-state index contributed by atoms with van der Waals surface area (Å²) in [5.41, 5.74) is 3.54. The largest absolute Gasteiger partial charge is 0.446 e. The molecule has 1 aliphatic heterocycles. The molecule has 1 aliphatic rings. The first-order chi connectivity index (χ1) is 13.1. The highest BCUT2D eigenvalue weighted by Crippen LogP contribution is 2.23. The summed E-state index contributed by atoms with van der Waals surface area (Å²) in [7, 11) is 0. The maximum absolute atomic E-state index is 12.5. The Morgan fingerprint density at radius 3 is 2.89 bits per heavy atom. The number of aromatic amines is 1. The van der Waals surface area contributed by atoms with Crippen LogP contribution in [0.1, 0.15) is 30.7 Å². The second-order valence-electron chi connectivity index (χ2n) is 7.01. The van der Waals surface area contributed by atoms with Crippen molar-refractivity contribution in [1.82, 2.24) is 20.0 Å². The molecule has 3 aromatic rings. The highest BCUT2D eigenvalue weighted by atomic mass is 16.6. The number of pyridine rings is 1. The van der Waals surface area contributed by atoms with Gasteiger partial charge in [0.25, 0.3) is 5.56 Å². The predicted molar refractivity (Wildman–Crippen MR) is 100 cm³/mol. The molecule has 3 heterocycles. The maximum atomic E-state index is 12.5. The van der Waals surface area contributed by atoms with E-state index in [1.165, 1.54) is 5.56 Å². The van der Waals surface area contributed by atoms with E-state index in [-0.39, 0.29) is 23.6 Å². The molecule has 4 rings (SSSR count). The number of aromatic nitrogens is 3. The van der Waals surface area contributed by atoms with E-state index in [9.17, 15) is 4.79 Å². The summed E-state index contributed by atoms with van der Waals surface area (Å²) in [6.07, 6.45) is 0.806. The van der Waals surface area contributed by atoms with Gasteiger partial charge in [-0.05, 0) is 31.0 Å². The van der Waals surface area contributed by atoms with Crippen LogP contribution < -0.4 is 10.3 Å². The quantitative estimate of drug-likeness (QED) is 0.747. The third kappa shape index (κ3) is 3.93. The number of fused-ring (bicyclic) bond motifs is 1. The van der Waals surface area contributed by atoms with Gasteiger partial charge in [0.1, 0.15) is 0 Å². The van der Waals surface area contributed by atoms with Gasteiger partial charge in [-0.3, -0.25) is 14.2 Å². The van der Waals surface area contributed by atoms with Crippen molar-refractivity contribution in [2.45, 2.75) is 39.5 Å². The number of hydrogen-bond donors (Lipinski definition) is 1. The summed E-state index contributed by atoms with van der Waals surface area (Å²) in [5.74, 6) is 0.245. The average molecular weight is 366 g/mol. The monoisotopic (exact) mass is 366 g/mol. The Morgan fingerprint density at radius 2 is 2.11 bits per heavy atom. The van der Waals surface area contributed by atoms with Crippen LogP contribution in [0.5, 0.6) is 6.08 Å². The Bertz CT molecular complexity index is 978. The third-order valence-corrected chi connectivity index (χ3v) is 4.52. The molecule has 140 valence electrons. The molecule has 27 heavy (non-hydrogen) atoms. The van der Waals surface area contributed by atoms with Gasteiger partial charge in [-0.2, -0.15) is 4.98 Å². The molecule has 0 amide bonds. The van der Waals surface area contributed by atoms with E-state index in [0.717, 1.165) is 37.3 Å². The van der Waals surface area contributed by atoms with E-state index in [1.54, 1.807) is 0 Å². The number of nitrogens with one attached hydrogen (secondary N) is 1. The molecule has 1 N–H and O–H groups in total. The van der Waals surface area contributed by atoms with Crippen LogP contribution in [0.25, 0.3) is 11.4 Å². The molecule has 0 fully saturated rings. The van der Waals surface area contributed by atoms with Crippen LogP contribution in [0.3, 0.4) is 0 Å². The minimum absolute atomic E-state index is 0.0721. The lowest BCUT2D eigenvalue weighted by Crippen LogP contribution is -2.32. The molecule has 7 heteroatoms. The molecule has 1 aromatic carbocycles. The number of benzene rings is 1. The van der Waals surface area contributed by atoms with Crippen molar-refractivity contribution in [2.75, 3.05) is 6.54 Å². The van der Waals surface area contributed by atoms with Gasteiger partial charge in [0.05, 0.1) is 11.7 Å². The lowest BCUT2D eigenvalue weighted by molar-refractivity contribution is 0.158. The van der Waals surface area contributed by atoms with E-state index in [2.05, 4.69) is 44.3 Å². The third-order valence-electron chi connectivity index (χ3n) is 4.52. The highest BCUT2D eigenvalue weighted by Gasteiger charge is 2.21. The number of nitrogens with zero attached hydrogens (tertiary/aromatic N) is 3. The Labute approximate surface area is 157 Å². The van der Waals surface area contributed by atoms with Crippen LogP contribution >= 0.6 is 0 Å². The summed E-state index contributed by atoms with van der Waals surface area (Å²) >= 11 is 0. The van der Waals surface area contributed by atoms with Gasteiger partial charge in [-0.15, -0.1) is 0 Å². The van der Waals surface area contributed by atoms with Gasteiger partial charge in [0.2, 0.25) is 5.82 Å². The van der Waals surface area contributed by atoms with Crippen molar-refractivity contribution in [3.8, 4) is 17.5 Å². The predicted octanol–water partition coefficient (Wildman–Crippen LogP) is 2.77. The lowest BCUT2D eigenvalue weighted by Gasteiger charge is -2.28. The van der Waals surface area contributed by atoms with Crippen molar-refractivity contribution < 1.29 is 9.26 Å². The van der Waals surface area contributed by atoms with Crippen LogP contribution in [0.2, 0.25) is 0 Å². The lowest BCUT2D eigenvalue weighted by atomic mass is 10.0. The van der Waals surface area contributed by atoms with Gasteiger partial charge in [-0.25, -0.2) is 0 Å². The molecule has 0 aliphatic carbocycles. The normalized spacial score (nSPS) is 14.3. The van der Waals surface area contributed by atoms with Crippen LogP contribution in [0, 0.1) is 0 Å². The number of ether oxygens (including phenoxy) is 1. The van der Waals surface area contributed by atoms with Crippen molar-refractivity contribution in [3.05, 3.63) is 63.6 Å². The van der Waals surface area contributed by atoms with Gasteiger partial charge in [0, 0.05) is 31.7 Å². The molecule has 0 unspecified atom stereocenters. The molecular formula is C20H22N4O3. The molecule has 0 radical (unpaired) electrons. The Kier molecular flexibility index (Phi) is 4.77. The summed E-state index contributed by atoms with van der Waals surface area (Å²) < 4.78 is 10.5. The van der Waals surface area contributed by atoms with Gasteiger partial charge in [0.15, 0.2) is 0 Å². The average Bonchev–Trinajstić information content (AvgIpc) is 3.10. The number of H-pyrrole nitrogens is 1. The fourth-order valence-electron chi connectivity index (χ4n) is 3.28. The summed E-state index contributed by atoms with van der Waals surface area (Å²) in [6, 6.07) is 12.3. The Morgan fingerprint density at radius 1 is 1.30 bits per heavy atom. The molecule has 0 bridgehead atoms. The molecule has 7 nitrogen and oxygen atoms in total. The molecule has 0 saturated carbocycles. The van der Waals surface area contributed by atoms with Crippen LogP contribution in [-0.2, 0) is 19.5 Å². The van der Waals surface area contributed by atoms with Crippen molar-refractivity contribution in [2.24, 2.45) is 0 Å². The van der Waals surface area contributed by atoms with Gasteiger partial charge >= 0.3 is 6.08 Å². The number of hydrogen-bond acceptors (Lipinski definition) is 6. The molecule has 0 spiro atoms. The second kappa shape index (κ2) is 7.36. The van der Waals surface area contributed by atoms with Gasteiger partial charge < -0.3 is 9.72 Å². The van der Waals surface area contributed by atoms with Crippen LogP contribution in [-0.4, -0.2) is 32.7 Å². The zero-order valence-electron chi connectivity index (χ0n) is 15.4. The van der Waals surface area contributed by atoms with Crippen LogP contribution in [0.4, 0.5) is 0 Å². The van der Waals surface area contributed by atoms with Crippen LogP contribution in [0.15, 0.2) is 45.7 Å². The van der Waals surface area contributed by atoms with E-state index in [4.69, 9.17) is 9.26 Å². The molecule has 0 atom stereocenters. The summed E-state index contributed by atoms with van der Waals surface area (Å²) in [5, 5.41) is 3.89. The molecule has 2 aromatic heterocycles. The van der Waals surface area contributed by atoms with Gasteiger partial charge in [-0.1, -0.05) is 35.5 Å². The van der Waals surface area contributed by atoms with E-state index in [1.807, 2.05) is 26.0 Å². The first kappa shape index (κ1) is 17.5. The number of rotatable bonds is 5. The van der Waals surface area contributed by atoms with Crippen molar-refractivity contribution in [3.63, 3.8) is 0 Å². The smallest absolute Gasteiger partial charge is 0.417 e. The van der Waals surface area contributed by atoms with E-state index >= 15 is 0 Å². The van der Waals surface area contributed by atoms with Crippen molar-refractivity contribution in [1.29, 1.82) is 0 Å². The maximum Gasteiger partial charge on any atom is 0.417 e. The molecule has 0 saturated heterocycles. The Balaban J connectivity index is 1.57. The van der Waals surface area contributed by atoms with E-state index < -0.39 is 0 Å². The second-order valence-corrected chi connectivity index (χ2v) is 7.01. The summed E-state index contributed by atoms with van der Waals surface area (Å²) in [4.78, 5) is 22.0. The highest BCUT2D eigenvalue weighted by molar-refractivity contribution is 5.55. The SMILES string of the molecule is CC(C)Oc1nc(-c2cc3c([nH]c2=O)CCN(Cc2ccccc2)C3)no1. The topological polar surface area (TPSA) is 84.2 Å². The first-order valence-electron chi connectivity index (χ1n) is 9.10. The standard InChI is InChI=1S/C20H22N4O3/c1-13(2)26-20-22-18(23-27-20)16-10-15-12-24(9-8-17(15)21-19(16)25)11-14-6-4-3-5-7-14/h3-7,10,13H,8-9,11-12H2,1-2H3,(H,21,25). The molecular weight excluding hydrogens is 344 g/mol. The zero-order valence-corrected chi connectivity index (χ0v) is 15.4.